The van der Waals surface area contributed by atoms with Gasteiger partial charge in [0.05, 0.1) is 15.8 Å². The Bertz CT molecular complexity index is 368. The minimum Gasteiger partial charge on any atom is -0.397 e. The molecule has 0 heterocycles. The van der Waals surface area contributed by atoms with Crippen LogP contribution in [0.25, 0.3) is 0 Å². The number of hydrogen-bond donors (Lipinski definition) is 1. The monoisotopic (exact) mass is 288 g/mol. The summed E-state index contributed by atoms with van der Waals surface area (Å²) in [6.45, 7) is 4.29. The summed E-state index contributed by atoms with van der Waals surface area (Å²) in [5, 5.41) is 0. The number of nitrogens with two attached hydrogens (primary N) is 1. The van der Waals surface area contributed by atoms with Crippen LogP contribution in [0.15, 0.2) is 16.6 Å². The van der Waals surface area contributed by atoms with Gasteiger partial charge in [-0.15, -0.1) is 0 Å². The van der Waals surface area contributed by atoms with Gasteiger partial charge in [0.15, 0.2) is 0 Å². The Labute approximate surface area is 105 Å². The predicted molar refractivity (Wildman–Crippen MR) is 71.3 cm³/mol. The van der Waals surface area contributed by atoms with Gasteiger partial charge in [-0.1, -0.05) is 13.3 Å². The van der Waals surface area contributed by atoms with Gasteiger partial charge in [0, 0.05) is 19.2 Å². The topological polar surface area (TPSA) is 29.3 Å². The molecule has 0 saturated heterocycles. The highest BCUT2D eigenvalue weighted by atomic mass is 79.9. The molecule has 1 aromatic carbocycles. The fraction of sp³-hybridized carbons (Fsp3) is 0.500. The van der Waals surface area contributed by atoms with E-state index in [1.165, 1.54) is 6.07 Å². The third kappa shape index (κ3) is 2.88. The molecule has 1 atom stereocenters. The van der Waals surface area contributed by atoms with Crippen molar-refractivity contribution in [1.82, 2.24) is 0 Å². The van der Waals surface area contributed by atoms with Crippen LogP contribution in [-0.2, 0) is 0 Å². The van der Waals surface area contributed by atoms with Crippen LogP contribution in [0.5, 0.6) is 0 Å². The third-order valence-corrected chi connectivity index (χ3v) is 3.42. The lowest BCUT2D eigenvalue weighted by atomic mass is 10.1. The van der Waals surface area contributed by atoms with E-state index in [-0.39, 0.29) is 5.82 Å². The maximum Gasteiger partial charge on any atom is 0.139 e. The van der Waals surface area contributed by atoms with Crippen LogP contribution in [0.4, 0.5) is 15.8 Å². The average molecular weight is 289 g/mol. The van der Waals surface area contributed by atoms with Crippen molar-refractivity contribution in [3.8, 4) is 0 Å². The molecule has 4 heteroatoms. The van der Waals surface area contributed by atoms with Crippen LogP contribution in [-0.4, -0.2) is 13.1 Å². The molecule has 0 aliphatic carbocycles. The van der Waals surface area contributed by atoms with Crippen molar-refractivity contribution in [3.05, 3.63) is 22.4 Å². The molecule has 0 spiro atoms. The zero-order chi connectivity index (χ0) is 12.3. The number of nitrogen functional groups attached to an aromatic ring is 1. The lowest BCUT2D eigenvalue weighted by molar-refractivity contribution is 0.609. The second-order valence-electron chi connectivity index (χ2n) is 4.07. The smallest absolute Gasteiger partial charge is 0.139 e. The van der Waals surface area contributed by atoms with Gasteiger partial charge in [-0.3, -0.25) is 0 Å². The maximum absolute atomic E-state index is 13.2. The van der Waals surface area contributed by atoms with Crippen LogP contribution in [0, 0.1) is 5.82 Å². The van der Waals surface area contributed by atoms with E-state index in [4.69, 9.17) is 5.73 Å². The highest BCUT2D eigenvalue weighted by Gasteiger charge is 2.14. The average Bonchev–Trinajstić information content (AvgIpc) is 2.23. The van der Waals surface area contributed by atoms with Crippen molar-refractivity contribution < 1.29 is 4.39 Å². The first-order chi connectivity index (χ1) is 7.47. The molecular weight excluding hydrogens is 271 g/mol. The van der Waals surface area contributed by atoms with E-state index in [2.05, 4.69) is 34.7 Å². The quantitative estimate of drug-likeness (QED) is 0.854. The Hall–Kier alpha value is -0.770. The zero-order valence-electron chi connectivity index (χ0n) is 9.93. The second-order valence-corrected chi connectivity index (χ2v) is 4.93. The number of hydrogen-bond acceptors (Lipinski definition) is 2. The van der Waals surface area contributed by atoms with Crippen LogP contribution in [0.1, 0.15) is 26.7 Å². The zero-order valence-corrected chi connectivity index (χ0v) is 11.5. The summed E-state index contributed by atoms with van der Waals surface area (Å²) in [7, 11) is 1.98. The highest BCUT2D eigenvalue weighted by Crippen LogP contribution is 2.30. The minimum atomic E-state index is -0.321. The summed E-state index contributed by atoms with van der Waals surface area (Å²) >= 11 is 3.18. The summed E-state index contributed by atoms with van der Waals surface area (Å²) in [6, 6.07) is 3.48. The lowest BCUT2D eigenvalue weighted by Gasteiger charge is -2.28. The third-order valence-electron chi connectivity index (χ3n) is 2.82. The van der Waals surface area contributed by atoms with Crippen LogP contribution < -0.4 is 10.6 Å². The van der Waals surface area contributed by atoms with Crippen LogP contribution in [0.2, 0.25) is 0 Å². The Morgan fingerprint density at radius 1 is 1.50 bits per heavy atom. The summed E-state index contributed by atoms with van der Waals surface area (Å²) in [5.41, 5.74) is 7.17. The van der Waals surface area contributed by atoms with Gasteiger partial charge in [-0.25, -0.2) is 4.39 Å². The van der Waals surface area contributed by atoms with Gasteiger partial charge in [-0.05, 0) is 35.3 Å². The Morgan fingerprint density at radius 2 is 2.12 bits per heavy atom. The molecular formula is C12H18BrFN2. The predicted octanol–water partition coefficient (Wildman–Crippen LogP) is 3.80. The standard InChI is InChI=1S/C12H18BrFN2/c1-4-5-8(2)16(3)12-6-9(13)10(14)7-11(12)15/h6-8H,4-5,15H2,1-3H3. The largest absolute Gasteiger partial charge is 0.397 e. The first kappa shape index (κ1) is 13.3. The van der Waals surface area contributed by atoms with Gasteiger partial charge < -0.3 is 10.6 Å². The molecule has 90 valence electrons. The minimum absolute atomic E-state index is 0.321. The van der Waals surface area contributed by atoms with E-state index >= 15 is 0 Å². The second kappa shape index (κ2) is 5.53. The van der Waals surface area contributed by atoms with Gasteiger partial charge in [0.1, 0.15) is 5.82 Å². The Morgan fingerprint density at radius 3 is 2.69 bits per heavy atom. The van der Waals surface area contributed by atoms with Crippen LogP contribution >= 0.6 is 15.9 Å². The maximum atomic E-state index is 13.2. The molecule has 1 aromatic rings. The van der Waals surface area contributed by atoms with Crippen molar-refractivity contribution in [1.29, 1.82) is 0 Å². The lowest BCUT2D eigenvalue weighted by Crippen LogP contribution is -2.29. The molecule has 1 rings (SSSR count). The normalized spacial score (nSPS) is 12.6. The van der Waals surface area contributed by atoms with Crippen molar-refractivity contribution in [2.24, 2.45) is 0 Å². The van der Waals surface area contributed by atoms with Gasteiger partial charge in [0.2, 0.25) is 0 Å². The number of anilines is 2. The van der Waals surface area contributed by atoms with E-state index in [0.717, 1.165) is 18.5 Å². The van der Waals surface area contributed by atoms with E-state index in [1.807, 2.05) is 7.05 Å². The molecule has 2 N–H and O–H groups in total. The van der Waals surface area contributed by atoms with Crippen molar-refractivity contribution in [2.45, 2.75) is 32.7 Å². The molecule has 1 unspecified atom stereocenters. The summed E-state index contributed by atoms with van der Waals surface area (Å²) in [5.74, 6) is -0.321. The van der Waals surface area contributed by atoms with E-state index < -0.39 is 0 Å². The summed E-state index contributed by atoms with van der Waals surface area (Å²) < 4.78 is 13.7. The number of benzene rings is 1. The SMILES string of the molecule is CCCC(C)N(C)c1cc(Br)c(F)cc1N. The first-order valence-electron chi connectivity index (χ1n) is 5.44. The van der Waals surface area contributed by atoms with Crippen molar-refractivity contribution >= 4 is 27.3 Å². The van der Waals surface area contributed by atoms with Gasteiger partial charge in [-0.2, -0.15) is 0 Å². The fourth-order valence-corrected chi connectivity index (χ4v) is 2.04. The molecule has 0 radical (unpaired) electrons. The Kier molecular flexibility index (Phi) is 4.59. The molecule has 16 heavy (non-hydrogen) atoms. The van der Waals surface area contributed by atoms with Crippen LogP contribution in [0.3, 0.4) is 0 Å². The van der Waals surface area contributed by atoms with Gasteiger partial charge >= 0.3 is 0 Å². The van der Waals surface area contributed by atoms with Gasteiger partial charge in [0.25, 0.3) is 0 Å². The Balaban J connectivity index is 2.99. The van der Waals surface area contributed by atoms with Crippen molar-refractivity contribution in [2.75, 3.05) is 17.7 Å². The van der Waals surface area contributed by atoms with E-state index in [1.54, 1.807) is 6.07 Å². The molecule has 2 nitrogen and oxygen atoms in total. The van der Waals surface area contributed by atoms with E-state index in [9.17, 15) is 4.39 Å². The first-order valence-corrected chi connectivity index (χ1v) is 6.24. The highest BCUT2D eigenvalue weighted by molar-refractivity contribution is 9.10. The molecule has 0 saturated carbocycles. The van der Waals surface area contributed by atoms with Crippen molar-refractivity contribution in [3.63, 3.8) is 0 Å². The molecule has 0 aliphatic heterocycles. The molecule has 0 fully saturated rings. The number of rotatable bonds is 4. The van der Waals surface area contributed by atoms with E-state index in [0.29, 0.717) is 16.2 Å². The molecule has 0 bridgehead atoms. The summed E-state index contributed by atoms with van der Waals surface area (Å²) in [4.78, 5) is 2.09. The number of halogens is 2. The molecule has 0 aliphatic rings. The molecule has 0 amide bonds. The fourth-order valence-electron chi connectivity index (χ4n) is 1.71. The summed E-state index contributed by atoms with van der Waals surface area (Å²) in [6.07, 6.45) is 2.21. The number of nitrogens with zero attached hydrogens (tertiary/aromatic N) is 1. The molecule has 0 aromatic heterocycles.